The molecule has 1 fully saturated rings. The van der Waals surface area contributed by atoms with E-state index in [1.54, 1.807) is 11.0 Å². The summed E-state index contributed by atoms with van der Waals surface area (Å²) in [5.41, 5.74) is 2.76. The van der Waals surface area contributed by atoms with E-state index in [9.17, 15) is 18.8 Å². The van der Waals surface area contributed by atoms with Gasteiger partial charge in [0.05, 0.1) is 6.42 Å². The zero-order chi connectivity index (χ0) is 16.8. The van der Waals surface area contributed by atoms with E-state index in [0.717, 1.165) is 22.2 Å². The van der Waals surface area contributed by atoms with Crippen LogP contribution in [0.2, 0.25) is 0 Å². The van der Waals surface area contributed by atoms with Crippen LogP contribution in [0.15, 0.2) is 18.2 Å². The molecule has 2 aromatic rings. The number of nitrogens with zero attached hydrogens (tertiary/aromatic N) is 1. The molecule has 8 heteroatoms. The Morgan fingerprint density at radius 3 is 2.92 bits per heavy atom. The quantitative estimate of drug-likeness (QED) is 0.711. The van der Waals surface area contributed by atoms with Crippen LogP contribution < -0.4 is 10.6 Å². The average molecular weight is 330 g/mol. The first-order valence-corrected chi connectivity index (χ1v) is 7.69. The Labute approximate surface area is 136 Å². The molecule has 3 heterocycles. The molecule has 124 valence electrons. The standard InChI is InChI=1S/C16H15FN4O3/c17-8-1-2-11-9(5-8)10-7-21(4-3-12(10)18-11)14(22)6-13-15(23)20-16(24)19-13/h1-2,5,13,18H,3-4,6-7H2,(H2,19,20,23,24). The Hall–Kier alpha value is -2.90. The second kappa shape index (κ2) is 5.33. The predicted octanol–water partition coefficient (Wildman–Crippen LogP) is 0.790. The summed E-state index contributed by atoms with van der Waals surface area (Å²) in [7, 11) is 0. The zero-order valence-corrected chi connectivity index (χ0v) is 12.7. The van der Waals surface area contributed by atoms with Crippen molar-refractivity contribution in [3.63, 3.8) is 0 Å². The number of aromatic amines is 1. The molecule has 0 spiro atoms. The van der Waals surface area contributed by atoms with Crippen molar-refractivity contribution in [2.45, 2.75) is 25.4 Å². The molecule has 1 saturated heterocycles. The number of nitrogens with one attached hydrogen (secondary N) is 3. The van der Waals surface area contributed by atoms with E-state index >= 15 is 0 Å². The van der Waals surface area contributed by atoms with Crippen molar-refractivity contribution in [3.05, 3.63) is 35.3 Å². The third kappa shape index (κ3) is 2.40. The summed E-state index contributed by atoms with van der Waals surface area (Å²) in [6, 6.07) is 3.14. The van der Waals surface area contributed by atoms with Gasteiger partial charge >= 0.3 is 6.03 Å². The van der Waals surface area contributed by atoms with Gasteiger partial charge in [-0.15, -0.1) is 0 Å². The van der Waals surface area contributed by atoms with Crippen LogP contribution in [0, 0.1) is 5.82 Å². The first kappa shape index (κ1) is 14.7. The van der Waals surface area contributed by atoms with Gasteiger partial charge in [0.25, 0.3) is 5.91 Å². The Morgan fingerprint density at radius 1 is 1.33 bits per heavy atom. The van der Waals surface area contributed by atoms with Crippen molar-refractivity contribution in [1.29, 1.82) is 0 Å². The number of carbonyl (C=O) groups is 3. The second-order valence-corrected chi connectivity index (χ2v) is 6.06. The zero-order valence-electron chi connectivity index (χ0n) is 12.7. The number of fused-ring (bicyclic) bond motifs is 3. The van der Waals surface area contributed by atoms with E-state index in [0.29, 0.717) is 19.5 Å². The number of amides is 4. The number of halogens is 1. The molecule has 4 amide bonds. The topological polar surface area (TPSA) is 94.3 Å². The largest absolute Gasteiger partial charge is 0.358 e. The summed E-state index contributed by atoms with van der Waals surface area (Å²) in [6.45, 7) is 0.878. The molecule has 0 bridgehead atoms. The number of hydrogen-bond acceptors (Lipinski definition) is 3. The fourth-order valence-electron chi connectivity index (χ4n) is 3.31. The molecule has 0 aliphatic carbocycles. The molecule has 24 heavy (non-hydrogen) atoms. The van der Waals surface area contributed by atoms with Crippen LogP contribution in [0.3, 0.4) is 0 Å². The van der Waals surface area contributed by atoms with Gasteiger partial charge in [-0.3, -0.25) is 14.9 Å². The van der Waals surface area contributed by atoms with Gasteiger partial charge in [-0.25, -0.2) is 9.18 Å². The Bertz CT molecular complexity index is 876. The molecule has 1 atom stereocenters. The Morgan fingerprint density at radius 2 is 2.17 bits per heavy atom. The van der Waals surface area contributed by atoms with Crippen molar-refractivity contribution >= 4 is 28.7 Å². The van der Waals surface area contributed by atoms with Gasteiger partial charge in [0.15, 0.2) is 0 Å². The SMILES string of the molecule is O=C1NC(=O)C(CC(=O)N2CCc3[nH]c4ccc(F)cc4c3C2)N1. The highest BCUT2D eigenvalue weighted by atomic mass is 19.1. The lowest BCUT2D eigenvalue weighted by molar-refractivity contribution is -0.134. The Kier molecular flexibility index (Phi) is 3.26. The average Bonchev–Trinajstić information content (AvgIpc) is 3.06. The molecular formula is C16H15FN4O3. The lowest BCUT2D eigenvalue weighted by atomic mass is 10.0. The second-order valence-electron chi connectivity index (χ2n) is 6.06. The molecule has 3 N–H and O–H groups in total. The minimum atomic E-state index is -0.827. The molecule has 0 saturated carbocycles. The molecular weight excluding hydrogens is 315 g/mol. The number of urea groups is 1. The van der Waals surface area contributed by atoms with Gasteiger partial charge in [-0.05, 0) is 18.2 Å². The number of carbonyl (C=O) groups excluding carboxylic acids is 3. The summed E-state index contributed by atoms with van der Waals surface area (Å²) in [4.78, 5) is 40.0. The van der Waals surface area contributed by atoms with Crippen LogP contribution in [-0.4, -0.2) is 40.3 Å². The molecule has 4 rings (SSSR count). The maximum atomic E-state index is 13.5. The number of benzene rings is 1. The minimum absolute atomic E-state index is 0.0797. The van der Waals surface area contributed by atoms with Crippen LogP contribution in [0.1, 0.15) is 17.7 Å². The predicted molar refractivity (Wildman–Crippen MR) is 82.5 cm³/mol. The number of hydrogen-bond donors (Lipinski definition) is 3. The van der Waals surface area contributed by atoms with Crippen LogP contribution in [0.25, 0.3) is 10.9 Å². The molecule has 2 aliphatic heterocycles. The van der Waals surface area contributed by atoms with Crippen molar-refractivity contribution in [2.75, 3.05) is 6.54 Å². The van der Waals surface area contributed by atoms with Crippen molar-refractivity contribution in [2.24, 2.45) is 0 Å². The minimum Gasteiger partial charge on any atom is -0.358 e. The number of aromatic nitrogens is 1. The van der Waals surface area contributed by atoms with Gasteiger partial charge in [0.1, 0.15) is 11.9 Å². The van der Waals surface area contributed by atoms with Gasteiger partial charge in [-0.2, -0.15) is 0 Å². The third-order valence-corrected chi connectivity index (χ3v) is 4.53. The summed E-state index contributed by atoms with van der Waals surface area (Å²) >= 11 is 0. The first-order chi connectivity index (χ1) is 11.5. The fourth-order valence-corrected chi connectivity index (χ4v) is 3.31. The highest BCUT2D eigenvalue weighted by Crippen LogP contribution is 2.28. The summed E-state index contributed by atoms with van der Waals surface area (Å²) in [5, 5.41) is 5.31. The van der Waals surface area contributed by atoms with Gasteiger partial charge < -0.3 is 15.2 Å². The van der Waals surface area contributed by atoms with Crippen molar-refractivity contribution in [1.82, 2.24) is 20.5 Å². The monoisotopic (exact) mass is 330 g/mol. The Balaban J connectivity index is 1.54. The molecule has 1 aromatic heterocycles. The van der Waals surface area contributed by atoms with Crippen LogP contribution in [-0.2, 0) is 22.6 Å². The van der Waals surface area contributed by atoms with E-state index < -0.39 is 18.0 Å². The van der Waals surface area contributed by atoms with E-state index in [-0.39, 0.29) is 18.1 Å². The van der Waals surface area contributed by atoms with E-state index in [2.05, 4.69) is 15.6 Å². The van der Waals surface area contributed by atoms with E-state index in [1.165, 1.54) is 12.1 Å². The van der Waals surface area contributed by atoms with Crippen molar-refractivity contribution in [3.8, 4) is 0 Å². The van der Waals surface area contributed by atoms with Crippen LogP contribution >= 0.6 is 0 Å². The molecule has 1 aromatic carbocycles. The highest BCUT2D eigenvalue weighted by Gasteiger charge is 2.33. The maximum absolute atomic E-state index is 13.5. The summed E-state index contributed by atoms with van der Waals surface area (Å²) < 4.78 is 13.5. The summed E-state index contributed by atoms with van der Waals surface area (Å²) in [6.07, 6.45) is 0.560. The van der Waals surface area contributed by atoms with Crippen LogP contribution in [0.5, 0.6) is 0 Å². The fraction of sp³-hybridized carbons (Fsp3) is 0.312. The van der Waals surface area contributed by atoms with Gasteiger partial charge in [-0.1, -0.05) is 0 Å². The summed E-state index contributed by atoms with van der Waals surface area (Å²) in [5.74, 6) is -1.02. The number of H-pyrrole nitrogens is 1. The lowest BCUT2D eigenvalue weighted by Gasteiger charge is -2.28. The molecule has 1 unspecified atom stereocenters. The smallest absolute Gasteiger partial charge is 0.322 e. The normalized spacial score (nSPS) is 20.0. The number of imide groups is 1. The van der Waals surface area contributed by atoms with Crippen molar-refractivity contribution < 1.29 is 18.8 Å². The maximum Gasteiger partial charge on any atom is 0.322 e. The van der Waals surface area contributed by atoms with Gasteiger partial charge in [0.2, 0.25) is 5.91 Å². The third-order valence-electron chi connectivity index (χ3n) is 4.53. The highest BCUT2D eigenvalue weighted by molar-refractivity contribution is 6.05. The molecule has 0 radical (unpaired) electrons. The van der Waals surface area contributed by atoms with Crippen LogP contribution in [0.4, 0.5) is 9.18 Å². The van der Waals surface area contributed by atoms with E-state index in [1.807, 2.05) is 0 Å². The molecule has 7 nitrogen and oxygen atoms in total. The molecule has 2 aliphatic rings. The first-order valence-electron chi connectivity index (χ1n) is 7.69. The number of rotatable bonds is 2. The van der Waals surface area contributed by atoms with Gasteiger partial charge in [0, 0.05) is 41.7 Å². The lowest BCUT2D eigenvalue weighted by Crippen LogP contribution is -2.41. The van der Waals surface area contributed by atoms with E-state index in [4.69, 9.17) is 0 Å².